The summed E-state index contributed by atoms with van der Waals surface area (Å²) in [4.78, 5) is 16.3. The number of ether oxygens (including phenoxy) is 2. The van der Waals surface area contributed by atoms with Crippen LogP contribution in [-0.2, 0) is 4.74 Å². The monoisotopic (exact) mass is 324 g/mol. The first-order chi connectivity index (χ1) is 11.8. The fraction of sp³-hybridized carbons (Fsp3) is 0.316. The van der Waals surface area contributed by atoms with Gasteiger partial charge in [0.2, 0.25) is 0 Å². The Balaban J connectivity index is 1.75. The molecule has 0 N–H and O–H groups in total. The maximum Gasteiger partial charge on any atom is 0.409 e. The zero-order valence-corrected chi connectivity index (χ0v) is 13.6. The van der Waals surface area contributed by atoms with Crippen molar-refractivity contribution in [1.82, 2.24) is 4.90 Å². The second kappa shape index (κ2) is 6.07. The molecule has 1 amide bonds. The number of fused-ring (bicyclic) bond motifs is 5. The molecule has 0 aliphatic carbocycles. The molecule has 124 valence electrons. The van der Waals surface area contributed by atoms with Crippen molar-refractivity contribution >= 4 is 11.8 Å². The minimum absolute atomic E-state index is 0.0583. The molecule has 0 saturated carbocycles. The number of hydrogen-bond donors (Lipinski definition) is 0. The van der Waals surface area contributed by atoms with Crippen molar-refractivity contribution in [3.8, 4) is 11.5 Å². The molecule has 5 heteroatoms. The molecule has 5 nitrogen and oxygen atoms in total. The van der Waals surface area contributed by atoms with Crippen molar-refractivity contribution in [3.63, 3.8) is 0 Å². The number of hydrogen-bond acceptors (Lipinski definition) is 4. The molecule has 2 aliphatic heterocycles. The number of amides is 1. The highest BCUT2D eigenvalue weighted by atomic mass is 16.6. The maximum atomic E-state index is 12.2. The molecule has 1 saturated heterocycles. The molecule has 2 heterocycles. The Morgan fingerprint density at radius 3 is 2.71 bits per heavy atom. The molecule has 2 aromatic rings. The van der Waals surface area contributed by atoms with Gasteiger partial charge in [-0.15, -0.1) is 0 Å². The van der Waals surface area contributed by atoms with Crippen LogP contribution in [0.5, 0.6) is 11.5 Å². The van der Waals surface area contributed by atoms with Crippen molar-refractivity contribution in [3.05, 3.63) is 54.1 Å². The van der Waals surface area contributed by atoms with Gasteiger partial charge in [0, 0.05) is 25.2 Å². The Kier molecular flexibility index (Phi) is 3.76. The normalized spacial score (nSPS) is 18.6. The first-order valence-corrected chi connectivity index (χ1v) is 8.32. The minimum Gasteiger partial charge on any atom is -0.455 e. The summed E-state index contributed by atoms with van der Waals surface area (Å²) in [6.45, 7) is 4.21. The zero-order valence-electron chi connectivity index (χ0n) is 13.6. The fourth-order valence-electron chi connectivity index (χ4n) is 3.47. The molecule has 2 aliphatic rings. The van der Waals surface area contributed by atoms with Gasteiger partial charge in [0.25, 0.3) is 0 Å². The number of para-hydroxylation sites is 3. The Labute approximate surface area is 141 Å². The summed E-state index contributed by atoms with van der Waals surface area (Å²) in [5.41, 5.74) is 2.17. The van der Waals surface area contributed by atoms with Crippen LogP contribution in [0.15, 0.2) is 48.5 Å². The Morgan fingerprint density at radius 2 is 1.88 bits per heavy atom. The van der Waals surface area contributed by atoms with Crippen molar-refractivity contribution in [2.45, 2.75) is 13.0 Å². The van der Waals surface area contributed by atoms with Crippen molar-refractivity contribution < 1.29 is 14.3 Å². The predicted molar refractivity (Wildman–Crippen MR) is 91.6 cm³/mol. The maximum absolute atomic E-state index is 12.2. The van der Waals surface area contributed by atoms with Crippen LogP contribution in [0.25, 0.3) is 0 Å². The number of anilines is 1. The topological polar surface area (TPSA) is 42.0 Å². The van der Waals surface area contributed by atoms with E-state index in [0.29, 0.717) is 19.7 Å². The highest BCUT2D eigenvalue weighted by Crippen LogP contribution is 2.45. The van der Waals surface area contributed by atoms with Crippen LogP contribution in [-0.4, -0.2) is 37.2 Å². The van der Waals surface area contributed by atoms with E-state index in [0.717, 1.165) is 29.3 Å². The van der Waals surface area contributed by atoms with Crippen LogP contribution in [0.1, 0.15) is 18.5 Å². The quantitative estimate of drug-likeness (QED) is 0.800. The summed E-state index contributed by atoms with van der Waals surface area (Å²) in [6.07, 6.45) is -0.243. The molecular formula is C19H20N2O3. The lowest BCUT2D eigenvalue weighted by Crippen LogP contribution is -2.50. The van der Waals surface area contributed by atoms with Gasteiger partial charge in [0.1, 0.15) is 5.75 Å². The van der Waals surface area contributed by atoms with Crippen LogP contribution < -0.4 is 9.64 Å². The van der Waals surface area contributed by atoms with Crippen LogP contribution in [0, 0.1) is 0 Å². The van der Waals surface area contributed by atoms with Gasteiger partial charge < -0.3 is 19.3 Å². The molecule has 4 rings (SSSR count). The molecule has 1 unspecified atom stereocenters. The molecule has 1 fully saturated rings. The number of rotatable bonds is 1. The van der Waals surface area contributed by atoms with Crippen LogP contribution in [0.3, 0.4) is 0 Å². The van der Waals surface area contributed by atoms with E-state index in [9.17, 15) is 4.79 Å². The lowest BCUT2D eigenvalue weighted by molar-refractivity contribution is 0.0992. The first-order valence-electron chi connectivity index (χ1n) is 8.32. The SMILES string of the molecule is CCOC(=O)N1CCN2c3ccccc3Oc3ccccc3C2C1. The molecule has 2 aromatic carbocycles. The van der Waals surface area contributed by atoms with E-state index in [4.69, 9.17) is 9.47 Å². The molecule has 1 atom stereocenters. The number of carbonyl (C=O) groups excluding carboxylic acids is 1. The standard InChI is InChI=1S/C19H20N2O3/c1-2-23-19(22)20-11-12-21-15-8-4-6-10-18(15)24-17-9-5-3-7-14(17)16(21)13-20/h3-10,16H,2,11-13H2,1H3. The summed E-state index contributed by atoms with van der Waals surface area (Å²) in [5, 5.41) is 0. The molecule has 24 heavy (non-hydrogen) atoms. The Morgan fingerprint density at radius 1 is 1.12 bits per heavy atom. The molecule has 0 aromatic heterocycles. The highest BCUT2D eigenvalue weighted by molar-refractivity contribution is 5.70. The number of carbonyl (C=O) groups is 1. The van der Waals surface area contributed by atoms with Crippen LogP contribution >= 0.6 is 0 Å². The van der Waals surface area contributed by atoms with Gasteiger partial charge in [0.05, 0.1) is 18.3 Å². The number of piperazine rings is 1. The van der Waals surface area contributed by atoms with Gasteiger partial charge in [-0.05, 0) is 25.1 Å². The average molecular weight is 324 g/mol. The lowest BCUT2D eigenvalue weighted by Gasteiger charge is -2.41. The van der Waals surface area contributed by atoms with E-state index < -0.39 is 0 Å². The van der Waals surface area contributed by atoms with Gasteiger partial charge >= 0.3 is 6.09 Å². The average Bonchev–Trinajstić information content (AvgIpc) is 2.76. The lowest BCUT2D eigenvalue weighted by atomic mass is 10.0. The Hall–Kier alpha value is -2.69. The van der Waals surface area contributed by atoms with Gasteiger partial charge in [-0.25, -0.2) is 4.79 Å². The van der Waals surface area contributed by atoms with E-state index in [1.54, 1.807) is 4.90 Å². The second-order valence-electron chi connectivity index (χ2n) is 5.96. The summed E-state index contributed by atoms with van der Waals surface area (Å²) >= 11 is 0. The third-order valence-corrected chi connectivity index (χ3v) is 4.58. The van der Waals surface area contributed by atoms with Crippen LogP contribution in [0.2, 0.25) is 0 Å². The Bertz CT molecular complexity index is 762. The van der Waals surface area contributed by atoms with E-state index >= 15 is 0 Å². The predicted octanol–water partition coefficient (Wildman–Crippen LogP) is 3.81. The largest absolute Gasteiger partial charge is 0.455 e. The summed E-state index contributed by atoms with van der Waals surface area (Å²) < 4.78 is 11.3. The smallest absolute Gasteiger partial charge is 0.409 e. The van der Waals surface area contributed by atoms with Gasteiger partial charge in [-0.2, -0.15) is 0 Å². The summed E-state index contributed by atoms with van der Waals surface area (Å²) in [7, 11) is 0. The van der Waals surface area contributed by atoms with Crippen LogP contribution in [0.4, 0.5) is 10.5 Å². The third kappa shape index (κ3) is 2.46. The van der Waals surface area contributed by atoms with Gasteiger partial charge in [-0.3, -0.25) is 0 Å². The van der Waals surface area contributed by atoms with E-state index in [1.165, 1.54) is 0 Å². The van der Waals surface area contributed by atoms with E-state index in [1.807, 2.05) is 43.3 Å². The molecule has 0 bridgehead atoms. The second-order valence-corrected chi connectivity index (χ2v) is 5.96. The first kappa shape index (κ1) is 14.9. The number of nitrogens with zero attached hydrogens (tertiary/aromatic N) is 2. The minimum atomic E-state index is -0.243. The van der Waals surface area contributed by atoms with E-state index in [-0.39, 0.29) is 12.1 Å². The highest BCUT2D eigenvalue weighted by Gasteiger charge is 2.36. The van der Waals surface area contributed by atoms with E-state index in [2.05, 4.69) is 17.0 Å². The molecular weight excluding hydrogens is 304 g/mol. The third-order valence-electron chi connectivity index (χ3n) is 4.58. The molecule has 0 radical (unpaired) electrons. The number of benzene rings is 2. The zero-order chi connectivity index (χ0) is 16.5. The van der Waals surface area contributed by atoms with Gasteiger partial charge in [-0.1, -0.05) is 30.3 Å². The summed E-state index contributed by atoms with van der Waals surface area (Å²) in [5.74, 6) is 1.71. The summed E-state index contributed by atoms with van der Waals surface area (Å²) in [6, 6.07) is 16.2. The van der Waals surface area contributed by atoms with Crippen molar-refractivity contribution in [1.29, 1.82) is 0 Å². The van der Waals surface area contributed by atoms with Crippen molar-refractivity contribution in [2.24, 2.45) is 0 Å². The fourth-order valence-corrected chi connectivity index (χ4v) is 3.47. The molecule has 0 spiro atoms. The van der Waals surface area contributed by atoms with Crippen molar-refractivity contribution in [2.75, 3.05) is 31.1 Å². The van der Waals surface area contributed by atoms with Gasteiger partial charge in [0.15, 0.2) is 5.75 Å².